The standard InChI is InChI=1S/C65H41NO/c1-2-13-42(14-3-1)43-25-31-48(32-26-43)66(49-33-27-44(28-34-49)46-29-36-57-56-20-8-11-24-63(56)67-64(57)40-46)50-35-37-55-58-39-47(52-21-12-16-45-15-4-5-17-51(45)52)30-38-61(58)65(62(55)41-50)59-22-9-6-18-53(59)54-19-7-10-23-60(54)65/h1-41H. The minimum Gasteiger partial charge on any atom is -0.456 e. The van der Waals surface area contributed by atoms with Crippen molar-refractivity contribution in [2.24, 2.45) is 0 Å². The van der Waals surface area contributed by atoms with Crippen LogP contribution in [0.2, 0.25) is 0 Å². The summed E-state index contributed by atoms with van der Waals surface area (Å²) < 4.78 is 6.32. The normalized spacial score (nSPS) is 12.9. The number of rotatable bonds is 6. The third-order valence-electron chi connectivity index (χ3n) is 14.5. The van der Waals surface area contributed by atoms with Crippen LogP contribution in [0.5, 0.6) is 0 Å². The molecule has 0 aliphatic heterocycles. The zero-order valence-corrected chi connectivity index (χ0v) is 36.5. The summed E-state index contributed by atoms with van der Waals surface area (Å²) in [5.41, 5.74) is 22.1. The molecule has 0 unspecified atom stereocenters. The van der Waals surface area contributed by atoms with Crippen molar-refractivity contribution < 1.29 is 4.42 Å². The average molecular weight is 852 g/mol. The lowest BCUT2D eigenvalue weighted by atomic mass is 9.70. The summed E-state index contributed by atoms with van der Waals surface area (Å²) in [5, 5.41) is 4.79. The summed E-state index contributed by atoms with van der Waals surface area (Å²) in [4.78, 5) is 2.42. The Balaban J connectivity index is 0.960. The summed E-state index contributed by atoms with van der Waals surface area (Å²) in [7, 11) is 0. The van der Waals surface area contributed by atoms with Crippen molar-refractivity contribution in [2.75, 3.05) is 4.90 Å². The molecule has 1 heterocycles. The number of anilines is 3. The molecular formula is C65H41NO. The lowest BCUT2D eigenvalue weighted by Crippen LogP contribution is -2.26. The summed E-state index contributed by atoms with van der Waals surface area (Å²) >= 11 is 0. The van der Waals surface area contributed by atoms with Gasteiger partial charge in [-0.1, -0.05) is 188 Å². The minimum atomic E-state index is -0.507. The number of benzene rings is 11. The first-order chi connectivity index (χ1) is 33.2. The van der Waals surface area contributed by atoms with E-state index in [1.54, 1.807) is 0 Å². The number of para-hydroxylation sites is 1. The first kappa shape index (κ1) is 37.6. The third kappa shape index (κ3) is 5.63. The van der Waals surface area contributed by atoms with Crippen LogP contribution in [-0.2, 0) is 5.41 Å². The highest BCUT2D eigenvalue weighted by atomic mass is 16.3. The van der Waals surface area contributed by atoms with E-state index in [2.05, 4.69) is 241 Å². The molecule has 2 aliphatic rings. The fraction of sp³-hybridized carbons (Fsp3) is 0.0154. The summed E-state index contributed by atoms with van der Waals surface area (Å²) in [5.74, 6) is 0. The van der Waals surface area contributed by atoms with E-state index < -0.39 is 5.41 Å². The molecule has 0 saturated heterocycles. The Bertz CT molecular complexity index is 3870. The monoisotopic (exact) mass is 851 g/mol. The van der Waals surface area contributed by atoms with E-state index in [4.69, 9.17) is 4.42 Å². The van der Waals surface area contributed by atoms with Crippen LogP contribution in [0.1, 0.15) is 22.3 Å². The van der Waals surface area contributed by atoms with Crippen LogP contribution in [0.15, 0.2) is 253 Å². The molecule has 2 heteroatoms. The van der Waals surface area contributed by atoms with Crippen molar-refractivity contribution >= 4 is 49.8 Å². The second-order valence-corrected chi connectivity index (χ2v) is 18.0. The van der Waals surface area contributed by atoms with E-state index in [1.165, 1.54) is 77.5 Å². The molecule has 0 fully saturated rings. The predicted molar refractivity (Wildman–Crippen MR) is 279 cm³/mol. The fourth-order valence-electron chi connectivity index (χ4n) is 11.5. The molecule has 12 aromatic rings. The lowest BCUT2D eigenvalue weighted by Gasteiger charge is -2.32. The van der Waals surface area contributed by atoms with Gasteiger partial charge in [-0.3, -0.25) is 0 Å². The van der Waals surface area contributed by atoms with Crippen molar-refractivity contribution in [1.82, 2.24) is 0 Å². The van der Waals surface area contributed by atoms with Gasteiger partial charge in [-0.05, 0) is 149 Å². The van der Waals surface area contributed by atoms with Gasteiger partial charge >= 0.3 is 0 Å². The largest absolute Gasteiger partial charge is 0.456 e. The quantitative estimate of drug-likeness (QED) is 0.166. The van der Waals surface area contributed by atoms with Gasteiger partial charge in [0.05, 0.1) is 5.41 Å². The zero-order chi connectivity index (χ0) is 44.1. The van der Waals surface area contributed by atoms with E-state index in [-0.39, 0.29) is 0 Å². The highest BCUT2D eigenvalue weighted by Gasteiger charge is 2.51. The number of nitrogens with zero attached hydrogens (tertiary/aromatic N) is 1. The highest BCUT2D eigenvalue weighted by Crippen LogP contribution is 2.64. The van der Waals surface area contributed by atoms with Crippen LogP contribution in [0, 0.1) is 0 Å². The number of hydrogen-bond acceptors (Lipinski definition) is 2. The molecule has 1 spiro atoms. The highest BCUT2D eigenvalue weighted by molar-refractivity contribution is 6.06. The first-order valence-corrected chi connectivity index (χ1v) is 23.2. The second-order valence-electron chi connectivity index (χ2n) is 18.0. The number of fused-ring (bicyclic) bond motifs is 14. The van der Waals surface area contributed by atoms with Crippen molar-refractivity contribution in [3.8, 4) is 55.6 Å². The van der Waals surface area contributed by atoms with Gasteiger partial charge in [0.15, 0.2) is 0 Å². The molecule has 312 valence electrons. The minimum absolute atomic E-state index is 0.507. The molecule has 0 saturated carbocycles. The van der Waals surface area contributed by atoms with Crippen LogP contribution in [0.4, 0.5) is 17.1 Å². The van der Waals surface area contributed by atoms with Gasteiger partial charge in [0.1, 0.15) is 11.2 Å². The van der Waals surface area contributed by atoms with Crippen molar-refractivity contribution in [1.29, 1.82) is 0 Å². The van der Waals surface area contributed by atoms with E-state index >= 15 is 0 Å². The Morgan fingerprint density at radius 2 is 0.791 bits per heavy atom. The molecule has 0 atom stereocenters. The van der Waals surface area contributed by atoms with E-state index in [0.717, 1.165) is 50.1 Å². The van der Waals surface area contributed by atoms with Crippen molar-refractivity contribution in [3.05, 3.63) is 271 Å². The molecule has 2 nitrogen and oxygen atoms in total. The third-order valence-corrected chi connectivity index (χ3v) is 14.5. The van der Waals surface area contributed by atoms with Crippen LogP contribution in [0.3, 0.4) is 0 Å². The Morgan fingerprint density at radius 3 is 1.55 bits per heavy atom. The molecule has 0 amide bonds. The smallest absolute Gasteiger partial charge is 0.136 e. The Hall–Kier alpha value is -8.72. The van der Waals surface area contributed by atoms with E-state index in [9.17, 15) is 0 Å². The van der Waals surface area contributed by atoms with Gasteiger partial charge in [0.25, 0.3) is 0 Å². The molecule has 14 rings (SSSR count). The molecule has 11 aromatic carbocycles. The van der Waals surface area contributed by atoms with Crippen LogP contribution in [0.25, 0.3) is 88.3 Å². The molecule has 0 N–H and O–H groups in total. The molecule has 2 aliphatic carbocycles. The first-order valence-electron chi connectivity index (χ1n) is 23.2. The molecule has 67 heavy (non-hydrogen) atoms. The predicted octanol–water partition coefficient (Wildman–Crippen LogP) is 17.6. The van der Waals surface area contributed by atoms with Crippen molar-refractivity contribution in [2.45, 2.75) is 5.41 Å². The Kier molecular flexibility index (Phi) is 8.23. The van der Waals surface area contributed by atoms with Crippen LogP contribution < -0.4 is 4.90 Å². The molecule has 0 bridgehead atoms. The molecule has 0 radical (unpaired) electrons. The maximum atomic E-state index is 6.32. The van der Waals surface area contributed by atoms with Gasteiger partial charge in [-0.15, -0.1) is 0 Å². The van der Waals surface area contributed by atoms with Gasteiger partial charge in [0.2, 0.25) is 0 Å². The second kappa shape index (κ2) is 14.7. The summed E-state index contributed by atoms with van der Waals surface area (Å²) in [6, 6.07) is 91.4. The van der Waals surface area contributed by atoms with Gasteiger partial charge in [-0.2, -0.15) is 0 Å². The van der Waals surface area contributed by atoms with E-state index in [1.807, 2.05) is 12.1 Å². The van der Waals surface area contributed by atoms with Crippen LogP contribution in [-0.4, -0.2) is 0 Å². The van der Waals surface area contributed by atoms with Gasteiger partial charge < -0.3 is 9.32 Å². The maximum Gasteiger partial charge on any atom is 0.136 e. The Labute approximate surface area is 389 Å². The summed E-state index contributed by atoms with van der Waals surface area (Å²) in [6.45, 7) is 0. The Morgan fingerprint density at radius 1 is 0.269 bits per heavy atom. The topological polar surface area (TPSA) is 16.4 Å². The zero-order valence-electron chi connectivity index (χ0n) is 36.5. The van der Waals surface area contributed by atoms with Gasteiger partial charge in [0, 0.05) is 27.8 Å². The molecule has 1 aromatic heterocycles. The van der Waals surface area contributed by atoms with E-state index in [0.29, 0.717) is 0 Å². The summed E-state index contributed by atoms with van der Waals surface area (Å²) in [6.07, 6.45) is 0. The number of furan rings is 1. The van der Waals surface area contributed by atoms with Crippen LogP contribution >= 0.6 is 0 Å². The SMILES string of the molecule is c1ccc(-c2ccc(N(c3ccc(-c4ccc5c(c4)oc4ccccc45)cc3)c3ccc4c(c3)C3(c5ccccc5-c5ccccc53)c3ccc(-c5cccc6ccccc56)cc3-4)cc2)cc1. The lowest BCUT2D eigenvalue weighted by molar-refractivity contribution is 0.669. The number of hydrogen-bond donors (Lipinski definition) is 0. The fourth-order valence-corrected chi connectivity index (χ4v) is 11.5. The van der Waals surface area contributed by atoms with Crippen molar-refractivity contribution in [3.63, 3.8) is 0 Å². The molecular weight excluding hydrogens is 811 g/mol. The average Bonchev–Trinajstić information content (AvgIpc) is 4.02. The van der Waals surface area contributed by atoms with Gasteiger partial charge in [-0.25, -0.2) is 0 Å². The maximum absolute atomic E-state index is 6.32.